The third kappa shape index (κ3) is 5.28. The Labute approximate surface area is 161 Å². The molecule has 0 aliphatic rings. The van der Waals surface area contributed by atoms with Gasteiger partial charge in [0, 0.05) is 21.4 Å². The van der Waals surface area contributed by atoms with Gasteiger partial charge in [-0.15, -0.1) is 0 Å². The summed E-state index contributed by atoms with van der Waals surface area (Å²) in [6, 6.07) is 13.9. The summed E-state index contributed by atoms with van der Waals surface area (Å²) >= 11 is 6.65. The first-order valence-electron chi connectivity index (χ1n) is 7.06. The molecular formula is C18H12Br2N2O3. The van der Waals surface area contributed by atoms with E-state index in [0.29, 0.717) is 15.7 Å². The molecule has 1 amide bonds. The lowest BCUT2D eigenvalue weighted by Gasteiger charge is -2.08. The normalized spacial score (nSPS) is 10.7. The molecule has 126 valence electrons. The Morgan fingerprint density at radius 3 is 2.56 bits per heavy atom. The lowest BCUT2D eigenvalue weighted by atomic mass is 10.1. The number of amides is 1. The van der Waals surface area contributed by atoms with Gasteiger partial charge in [0.15, 0.2) is 0 Å². The van der Waals surface area contributed by atoms with Crippen molar-refractivity contribution in [2.75, 3.05) is 5.32 Å². The maximum Gasteiger partial charge on any atom is 0.308 e. The largest absolute Gasteiger partial charge is 0.426 e. The number of ether oxygens (including phenoxy) is 1. The number of carbonyl (C=O) groups excluding carboxylic acids is 2. The fourth-order valence-electron chi connectivity index (χ4n) is 1.94. The second-order valence-corrected chi connectivity index (χ2v) is 6.65. The summed E-state index contributed by atoms with van der Waals surface area (Å²) in [4.78, 5) is 23.6. The van der Waals surface area contributed by atoms with Crippen molar-refractivity contribution in [2.24, 2.45) is 0 Å². The molecule has 7 heteroatoms. The topological polar surface area (TPSA) is 79.2 Å². The highest BCUT2D eigenvalue weighted by Gasteiger charge is 2.13. The van der Waals surface area contributed by atoms with E-state index < -0.39 is 11.9 Å². The van der Waals surface area contributed by atoms with Gasteiger partial charge in [-0.2, -0.15) is 5.26 Å². The number of hydrogen-bond acceptors (Lipinski definition) is 4. The number of benzene rings is 2. The van der Waals surface area contributed by atoms with Crippen LogP contribution in [-0.4, -0.2) is 11.9 Å². The number of esters is 1. The fraction of sp³-hybridized carbons (Fsp3) is 0.0556. The van der Waals surface area contributed by atoms with Crippen molar-refractivity contribution in [3.05, 3.63) is 62.5 Å². The zero-order valence-corrected chi connectivity index (χ0v) is 16.2. The van der Waals surface area contributed by atoms with E-state index in [1.807, 2.05) is 12.1 Å². The molecule has 0 atom stereocenters. The third-order valence-corrected chi connectivity index (χ3v) is 4.20. The van der Waals surface area contributed by atoms with Gasteiger partial charge >= 0.3 is 5.97 Å². The molecule has 2 rings (SSSR count). The van der Waals surface area contributed by atoms with Crippen molar-refractivity contribution in [3.8, 4) is 11.8 Å². The number of nitriles is 1. The van der Waals surface area contributed by atoms with Gasteiger partial charge in [0.1, 0.15) is 17.4 Å². The second-order valence-electron chi connectivity index (χ2n) is 4.88. The van der Waals surface area contributed by atoms with Gasteiger partial charge in [-0.1, -0.05) is 28.1 Å². The summed E-state index contributed by atoms with van der Waals surface area (Å²) in [5, 5.41) is 12.0. The standard InChI is InChI=1S/C18H12Br2N2O3/c1-11(23)25-17-7-6-14(19)9-12(17)8-13(10-21)18(24)22-16-5-3-2-4-15(16)20/h2-9H,1H3,(H,22,24)/b13-8+. The Kier molecular flexibility index (Phi) is 6.51. The van der Waals surface area contributed by atoms with E-state index in [4.69, 9.17) is 4.74 Å². The molecule has 1 N–H and O–H groups in total. The number of para-hydroxylation sites is 1. The van der Waals surface area contributed by atoms with E-state index in [2.05, 4.69) is 37.2 Å². The van der Waals surface area contributed by atoms with Crippen molar-refractivity contribution >= 4 is 55.5 Å². The molecule has 0 aromatic heterocycles. The van der Waals surface area contributed by atoms with Crippen LogP contribution in [0.3, 0.4) is 0 Å². The van der Waals surface area contributed by atoms with Crippen molar-refractivity contribution < 1.29 is 14.3 Å². The van der Waals surface area contributed by atoms with E-state index in [1.54, 1.807) is 36.4 Å². The highest BCUT2D eigenvalue weighted by atomic mass is 79.9. The molecule has 0 saturated carbocycles. The van der Waals surface area contributed by atoms with Crippen LogP contribution in [0.4, 0.5) is 5.69 Å². The molecule has 0 unspecified atom stereocenters. The fourth-order valence-corrected chi connectivity index (χ4v) is 2.70. The number of nitrogens with one attached hydrogen (secondary N) is 1. The maximum atomic E-state index is 12.4. The number of rotatable bonds is 4. The zero-order valence-electron chi connectivity index (χ0n) is 13.0. The Morgan fingerprint density at radius 2 is 1.92 bits per heavy atom. The summed E-state index contributed by atoms with van der Waals surface area (Å²) in [6.07, 6.45) is 1.37. The van der Waals surface area contributed by atoms with Crippen LogP contribution in [0.25, 0.3) is 6.08 Å². The molecule has 5 nitrogen and oxygen atoms in total. The monoisotopic (exact) mass is 462 g/mol. The Bertz CT molecular complexity index is 901. The van der Waals surface area contributed by atoms with Crippen molar-refractivity contribution in [1.29, 1.82) is 5.26 Å². The Hall–Kier alpha value is -2.43. The van der Waals surface area contributed by atoms with Crippen LogP contribution in [0.1, 0.15) is 12.5 Å². The first-order valence-corrected chi connectivity index (χ1v) is 8.65. The number of hydrogen-bond donors (Lipinski definition) is 1. The molecule has 0 radical (unpaired) electrons. The van der Waals surface area contributed by atoms with Crippen LogP contribution in [0, 0.1) is 11.3 Å². The number of carbonyl (C=O) groups is 2. The minimum absolute atomic E-state index is 0.123. The molecule has 0 aliphatic heterocycles. The van der Waals surface area contributed by atoms with Crippen LogP contribution in [0.15, 0.2) is 57.0 Å². The van der Waals surface area contributed by atoms with Gasteiger partial charge in [0.25, 0.3) is 5.91 Å². The summed E-state index contributed by atoms with van der Waals surface area (Å²) in [5.41, 5.74) is 0.855. The molecule has 0 saturated heterocycles. The van der Waals surface area contributed by atoms with Gasteiger partial charge in [-0.25, -0.2) is 0 Å². The van der Waals surface area contributed by atoms with Crippen LogP contribution in [0.5, 0.6) is 5.75 Å². The smallest absolute Gasteiger partial charge is 0.308 e. The van der Waals surface area contributed by atoms with Gasteiger partial charge in [0.2, 0.25) is 0 Å². The average molecular weight is 464 g/mol. The van der Waals surface area contributed by atoms with Crippen molar-refractivity contribution in [2.45, 2.75) is 6.92 Å². The first-order chi connectivity index (χ1) is 11.9. The van der Waals surface area contributed by atoms with E-state index in [-0.39, 0.29) is 11.3 Å². The second kappa shape index (κ2) is 8.60. The summed E-state index contributed by atoms with van der Waals surface area (Å²) in [6.45, 7) is 1.28. The number of anilines is 1. The highest BCUT2D eigenvalue weighted by molar-refractivity contribution is 9.10. The maximum absolute atomic E-state index is 12.4. The van der Waals surface area contributed by atoms with Gasteiger partial charge in [-0.3, -0.25) is 9.59 Å². The van der Waals surface area contributed by atoms with E-state index >= 15 is 0 Å². The van der Waals surface area contributed by atoms with E-state index in [0.717, 1.165) is 4.47 Å². The molecule has 25 heavy (non-hydrogen) atoms. The molecule has 2 aromatic rings. The van der Waals surface area contributed by atoms with Crippen molar-refractivity contribution in [1.82, 2.24) is 0 Å². The van der Waals surface area contributed by atoms with Crippen LogP contribution < -0.4 is 10.1 Å². The molecule has 0 fully saturated rings. The predicted octanol–water partition coefficient (Wildman–Crippen LogP) is 4.68. The first kappa shape index (κ1) is 18.9. The molecule has 0 bridgehead atoms. The molecule has 0 aliphatic carbocycles. The third-order valence-electron chi connectivity index (χ3n) is 3.01. The van der Waals surface area contributed by atoms with Crippen molar-refractivity contribution in [3.63, 3.8) is 0 Å². The summed E-state index contributed by atoms with van der Waals surface area (Å²) < 4.78 is 6.53. The van der Waals surface area contributed by atoms with Crippen LogP contribution in [0.2, 0.25) is 0 Å². The predicted molar refractivity (Wildman–Crippen MR) is 102 cm³/mol. The Morgan fingerprint density at radius 1 is 1.20 bits per heavy atom. The summed E-state index contributed by atoms with van der Waals surface area (Å²) in [5.74, 6) is -0.798. The number of nitrogens with zero attached hydrogens (tertiary/aromatic N) is 1. The SMILES string of the molecule is CC(=O)Oc1ccc(Br)cc1/C=C(\C#N)C(=O)Nc1ccccc1Br. The van der Waals surface area contributed by atoms with Gasteiger partial charge in [0.05, 0.1) is 5.69 Å². The lowest BCUT2D eigenvalue weighted by molar-refractivity contribution is -0.131. The quantitative estimate of drug-likeness (QED) is 0.309. The van der Waals surface area contributed by atoms with Gasteiger partial charge < -0.3 is 10.1 Å². The molecule has 0 heterocycles. The van der Waals surface area contributed by atoms with Gasteiger partial charge in [-0.05, 0) is 52.3 Å². The van der Waals surface area contributed by atoms with E-state index in [1.165, 1.54) is 13.0 Å². The van der Waals surface area contributed by atoms with Crippen LogP contribution in [-0.2, 0) is 9.59 Å². The Balaban J connectivity index is 2.35. The lowest BCUT2D eigenvalue weighted by Crippen LogP contribution is -2.14. The minimum Gasteiger partial charge on any atom is -0.426 e. The highest BCUT2D eigenvalue weighted by Crippen LogP contribution is 2.27. The average Bonchev–Trinajstić information content (AvgIpc) is 2.56. The molecular weight excluding hydrogens is 452 g/mol. The zero-order chi connectivity index (χ0) is 18.4. The van der Waals surface area contributed by atoms with E-state index in [9.17, 15) is 14.9 Å². The molecule has 2 aromatic carbocycles. The number of halogens is 2. The molecule has 0 spiro atoms. The van der Waals surface area contributed by atoms with Crippen LogP contribution >= 0.6 is 31.9 Å². The summed E-state index contributed by atoms with van der Waals surface area (Å²) in [7, 11) is 0. The minimum atomic E-state index is -0.567.